The van der Waals surface area contributed by atoms with Gasteiger partial charge in [0.2, 0.25) is 10.0 Å². The van der Waals surface area contributed by atoms with Crippen molar-refractivity contribution in [2.24, 2.45) is 0 Å². The highest BCUT2D eigenvalue weighted by Gasteiger charge is 2.21. The third-order valence-corrected chi connectivity index (χ3v) is 5.91. The minimum atomic E-state index is -3.61. The van der Waals surface area contributed by atoms with Gasteiger partial charge in [-0.05, 0) is 30.3 Å². The van der Waals surface area contributed by atoms with Crippen LogP contribution in [0, 0.1) is 0 Å². The average Bonchev–Trinajstić information content (AvgIpc) is 2.67. The zero-order chi connectivity index (χ0) is 19.9. The smallest absolute Gasteiger partial charge is 0.262 e. The molecular weight excluding hydrogens is 368 g/mol. The van der Waals surface area contributed by atoms with Gasteiger partial charge in [0, 0.05) is 18.8 Å². The average molecular weight is 390 g/mol. The van der Waals surface area contributed by atoms with Gasteiger partial charge in [-0.2, -0.15) is 4.31 Å². The highest BCUT2D eigenvalue weighted by molar-refractivity contribution is 7.89. The molecule has 27 heavy (non-hydrogen) atoms. The van der Waals surface area contributed by atoms with Gasteiger partial charge >= 0.3 is 0 Å². The Balaban J connectivity index is 2.07. The molecule has 0 aromatic heterocycles. The van der Waals surface area contributed by atoms with E-state index in [0.29, 0.717) is 36.4 Å². The van der Waals surface area contributed by atoms with Crippen molar-refractivity contribution in [1.82, 2.24) is 4.31 Å². The summed E-state index contributed by atoms with van der Waals surface area (Å²) in [4.78, 5) is 23.2. The number of amides is 1. The molecule has 0 bridgehead atoms. The van der Waals surface area contributed by atoms with Crippen molar-refractivity contribution in [1.29, 1.82) is 0 Å². The van der Waals surface area contributed by atoms with Crippen molar-refractivity contribution >= 4 is 27.9 Å². The van der Waals surface area contributed by atoms with Gasteiger partial charge in [-0.15, -0.1) is 0 Å². The molecule has 0 aliphatic carbocycles. The SMILES string of the molecule is CCN(CC)S(=O)(=O)c1cccc(NC(=O)COc2ccccc2C=O)c1. The van der Waals surface area contributed by atoms with E-state index in [0.717, 1.165) is 0 Å². The normalized spacial score (nSPS) is 11.2. The maximum absolute atomic E-state index is 12.6. The molecule has 7 nitrogen and oxygen atoms in total. The summed E-state index contributed by atoms with van der Waals surface area (Å²) in [6, 6.07) is 12.6. The summed E-state index contributed by atoms with van der Waals surface area (Å²) in [7, 11) is -3.61. The van der Waals surface area contributed by atoms with Crippen molar-refractivity contribution in [2.45, 2.75) is 18.7 Å². The Morgan fingerprint density at radius 3 is 2.48 bits per heavy atom. The van der Waals surface area contributed by atoms with Crippen LogP contribution in [0.15, 0.2) is 53.4 Å². The van der Waals surface area contributed by atoms with Gasteiger partial charge in [0.25, 0.3) is 5.91 Å². The van der Waals surface area contributed by atoms with Crippen LogP contribution in [-0.2, 0) is 14.8 Å². The third kappa shape index (κ3) is 5.15. The van der Waals surface area contributed by atoms with Crippen LogP contribution in [0.4, 0.5) is 5.69 Å². The lowest BCUT2D eigenvalue weighted by atomic mass is 10.2. The maximum atomic E-state index is 12.6. The third-order valence-electron chi connectivity index (χ3n) is 3.87. The standard InChI is InChI=1S/C19H22N2O5S/c1-3-21(4-2)27(24,25)17-10-7-9-16(12-17)20-19(23)14-26-18-11-6-5-8-15(18)13-22/h5-13H,3-4,14H2,1-2H3,(H,20,23). The summed E-state index contributed by atoms with van der Waals surface area (Å²) >= 11 is 0. The number of ether oxygens (including phenoxy) is 1. The second-order valence-corrected chi connectivity index (χ2v) is 7.55. The van der Waals surface area contributed by atoms with Crippen LogP contribution in [0.5, 0.6) is 5.75 Å². The molecule has 0 aliphatic rings. The minimum absolute atomic E-state index is 0.108. The molecule has 0 saturated heterocycles. The summed E-state index contributed by atoms with van der Waals surface area (Å²) in [5, 5.41) is 2.60. The molecule has 144 valence electrons. The highest BCUT2D eigenvalue weighted by Crippen LogP contribution is 2.20. The van der Waals surface area contributed by atoms with Gasteiger partial charge in [0.1, 0.15) is 5.75 Å². The number of hydrogen-bond acceptors (Lipinski definition) is 5. The number of nitrogens with zero attached hydrogens (tertiary/aromatic N) is 1. The lowest BCUT2D eigenvalue weighted by molar-refractivity contribution is -0.118. The van der Waals surface area contributed by atoms with Gasteiger partial charge in [-0.1, -0.05) is 32.0 Å². The first kappa shape index (κ1) is 20.6. The first-order valence-corrected chi connectivity index (χ1v) is 9.93. The Hall–Kier alpha value is -2.71. The number of sulfonamides is 1. The number of carbonyl (C=O) groups is 2. The summed E-state index contributed by atoms with van der Waals surface area (Å²) in [5.41, 5.74) is 0.693. The van der Waals surface area contributed by atoms with E-state index in [1.165, 1.54) is 16.4 Å². The molecular formula is C19H22N2O5S. The largest absolute Gasteiger partial charge is 0.483 e. The van der Waals surface area contributed by atoms with Crippen LogP contribution in [0.2, 0.25) is 0 Å². The van der Waals surface area contributed by atoms with E-state index in [-0.39, 0.29) is 11.5 Å². The van der Waals surface area contributed by atoms with E-state index in [1.54, 1.807) is 50.2 Å². The van der Waals surface area contributed by atoms with Gasteiger partial charge in [-0.25, -0.2) is 8.42 Å². The molecule has 1 amide bonds. The number of aldehydes is 1. The van der Waals surface area contributed by atoms with Crippen LogP contribution in [-0.4, -0.2) is 44.6 Å². The number of hydrogen-bond donors (Lipinski definition) is 1. The lowest BCUT2D eigenvalue weighted by Gasteiger charge is -2.18. The Labute approximate surface area is 159 Å². The number of rotatable bonds is 9. The van der Waals surface area contributed by atoms with Crippen molar-refractivity contribution in [3.8, 4) is 5.75 Å². The predicted octanol–water partition coefficient (Wildman–Crippen LogP) is 2.55. The molecule has 0 radical (unpaired) electrons. The van der Waals surface area contributed by atoms with Crippen molar-refractivity contribution < 1.29 is 22.7 Å². The summed E-state index contributed by atoms with van der Waals surface area (Å²) in [6.07, 6.45) is 0.648. The van der Waals surface area contributed by atoms with Crippen molar-refractivity contribution in [2.75, 3.05) is 25.0 Å². The molecule has 2 rings (SSSR count). The minimum Gasteiger partial charge on any atom is -0.483 e. The molecule has 0 atom stereocenters. The number of nitrogens with one attached hydrogen (secondary N) is 1. The number of anilines is 1. The van der Waals surface area contributed by atoms with Crippen molar-refractivity contribution in [3.63, 3.8) is 0 Å². The van der Waals surface area contributed by atoms with E-state index in [4.69, 9.17) is 4.74 Å². The topological polar surface area (TPSA) is 92.8 Å². The molecule has 0 spiro atoms. The summed E-state index contributed by atoms with van der Waals surface area (Å²) in [6.45, 7) is 3.94. The molecule has 0 aliphatic heterocycles. The maximum Gasteiger partial charge on any atom is 0.262 e. The summed E-state index contributed by atoms with van der Waals surface area (Å²) < 4.78 is 31.8. The molecule has 8 heteroatoms. The number of benzene rings is 2. The van der Waals surface area contributed by atoms with Crippen LogP contribution in [0.25, 0.3) is 0 Å². The Bertz CT molecular complexity index is 908. The summed E-state index contributed by atoms with van der Waals surface area (Å²) in [5.74, 6) is -0.159. The highest BCUT2D eigenvalue weighted by atomic mass is 32.2. The van der Waals surface area contributed by atoms with Crippen molar-refractivity contribution in [3.05, 3.63) is 54.1 Å². The van der Waals surface area contributed by atoms with Crippen LogP contribution < -0.4 is 10.1 Å². The first-order chi connectivity index (χ1) is 12.9. The van der Waals surface area contributed by atoms with Crippen LogP contribution in [0.1, 0.15) is 24.2 Å². The van der Waals surface area contributed by atoms with Crippen LogP contribution in [0.3, 0.4) is 0 Å². The Kier molecular flexibility index (Phi) is 7.09. The Morgan fingerprint density at radius 2 is 1.81 bits per heavy atom. The zero-order valence-electron chi connectivity index (χ0n) is 15.2. The Morgan fingerprint density at radius 1 is 1.11 bits per heavy atom. The molecule has 0 saturated carbocycles. The van der Waals surface area contributed by atoms with E-state index in [9.17, 15) is 18.0 Å². The fraction of sp³-hybridized carbons (Fsp3) is 0.263. The zero-order valence-corrected chi connectivity index (χ0v) is 16.0. The molecule has 0 heterocycles. The number of carbonyl (C=O) groups excluding carboxylic acids is 2. The van der Waals surface area contributed by atoms with Gasteiger partial charge in [0.05, 0.1) is 10.5 Å². The number of para-hydroxylation sites is 1. The monoisotopic (exact) mass is 390 g/mol. The molecule has 1 N–H and O–H groups in total. The molecule has 2 aromatic carbocycles. The van der Waals surface area contributed by atoms with Gasteiger partial charge in [0.15, 0.2) is 12.9 Å². The predicted molar refractivity (Wildman–Crippen MR) is 103 cm³/mol. The van der Waals surface area contributed by atoms with E-state index >= 15 is 0 Å². The molecule has 0 fully saturated rings. The molecule has 2 aromatic rings. The van der Waals surface area contributed by atoms with Gasteiger partial charge < -0.3 is 10.1 Å². The first-order valence-electron chi connectivity index (χ1n) is 8.49. The lowest BCUT2D eigenvalue weighted by Crippen LogP contribution is -2.30. The quantitative estimate of drug-likeness (QED) is 0.664. The fourth-order valence-electron chi connectivity index (χ4n) is 2.50. The van der Waals surface area contributed by atoms with E-state index in [2.05, 4.69) is 5.32 Å². The van der Waals surface area contributed by atoms with E-state index in [1.807, 2.05) is 0 Å². The second kappa shape index (κ2) is 9.29. The van der Waals surface area contributed by atoms with Crippen LogP contribution >= 0.6 is 0 Å². The van der Waals surface area contributed by atoms with Gasteiger partial charge in [-0.3, -0.25) is 9.59 Å². The molecule has 0 unspecified atom stereocenters. The fourth-order valence-corrected chi connectivity index (χ4v) is 4.00. The van der Waals surface area contributed by atoms with E-state index < -0.39 is 15.9 Å². The second-order valence-electron chi connectivity index (χ2n) is 5.61.